The standard InChI is InChI=1S/C17H15Br3N2O3/c1-9-3-10(2)17(14(20)4-9)25-8-16(24)22-21-7-11-5-15(23)13(19)6-12(11)18/h3-7,23H,8H2,1-2H3,(H,22,24). The average molecular weight is 535 g/mol. The molecule has 0 aliphatic carbocycles. The van der Waals surface area contributed by atoms with Crippen LogP contribution in [0.3, 0.4) is 0 Å². The van der Waals surface area contributed by atoms with Gasteiger partial charge in [-0.3, -0.25) is 4.79 Å². The molecule has 2 aromatic rings. The zero-order chi connectivity index (χ0) is 18.6. The molecule has 8 heteroatoms. The number of nitrogens with one attached hydrogen (secondary N) is 1. The monoisotopic (exact) mass is 532 g/mol. The fraction of sp³-hybridized carbons (Fsp3) is 0.176. The van der Waals surface area contributed by atoms with Gasteiger partial charge in [-0.05, 0) is 75.0 Å². The first-order valence-corrected chi connectivity index (χ1v) is 9.55. The van der Waals surface area contributed by atoms with Crippen LogP contribution in [0.15, 0.2) is 42.8 Å². The van der Waals surface area contributed by atoms with Gasteiger partial charge in [-0.2, -0.15) is 5.10 Å². The highest BCUT2D eigenvalue weighted by Gasteiger charge is 2.09. The maximum absolute atomic E-state index is 11.9. The normalized spacial score (nSPS) is 10.9. The molecule has 132 valence electrons. The van der Waals surface area contributed by atoms with E-state index in [-0.39, 0.29) is 18.3 Å². The van der Waals surface area contributed by atoms with Crippen molar-refractivity contribution >= 4 is 59.9 Å². The molecule has 0 fully saturated rings. The highest BCUT2D eigenvalue weighted by Crippen LogP contribution is 2.30. The summed E-state index contributed by atoms with van der Waals surface area (Å²) in [5, 5.41) is 13.5. The summed E-state index contributed by atoms with van der Waals surface area (Å²) in [5.74, 6) is 0.324. The molecule has 0 aromatic heterocycles. The van der Waals surface area contributed by atoms with Gasteiger partial charge in [0.15, 0.2) is 6.61 Å². The minimum absolute atomic E-state index is 0.0824. The molecule has 25 heavy (non-hydrogen) atoms. The third kappa shape index (κ3) is 5.55. The highest BCUT2D eigenvalue weighted by molar-refractivity contribution is 9.11. The number of phenols is 1. The molecule has 0 atom stereocenters. The predicted molar refractivity (Wildman–Crippen MR) is 108 cm³/mol. The summed E-state index contributed by atoms with van der Waals surface area (Å²) < 4.78 is 7.65. The molecule has 5 nitrogen and oxygen atoms in total. The van der Waals surface area contributed by atoms with E-state index in [1.807, 2.05) is 26.0 Å². The molecule has 0 aliphatic heterocycles. The number of hydrazone groups is 1. The topological polar surface area (TPSA) is 70.9 Å². The quantitative estimate of drug-likeness (QED) is 0.426. The lowest BCUT2D eigenvalue weighted by molar-refractivity contribution is -0.123. The Kier molecular flexibility index (Phi) is 7.04. The van der Waals surface area contributed by atoms with Gasteiger partial charge < -0.3 is 9.84 Å². The summed E-state index contributed by atoms with van der Waals surface area (Å²) in [5.41, 5.74) is 5.06. The molecule has 2 rings (SSSR count). The first kappa shape index (κ1) is 19.9. The van der Waals surface area contributed by atoms with Gasteiger partial charge in [0.25, 0.3) is 5.91 Å². The van der Waals surface area contributed by atoms with Gasteiger partial charge in [0.1, 0.15) is 11.5 Å². The van der Waals surface area contributed by atoms with E-state index in [2.05, 4.69) is 58.3 Å². The van der Waals surface area contributed by atoms with Crippen molar-refractivity contribution in [2.75, 3.05) is 6.61 Å². The number of halogens is 3. The van der Waals surface area contributed by atoms with Crippen LogP contribution in [0.1, 0.15) is 16.7 Å². The molecule has 0 heterocycles. The maximum Gasteiger partial charge on any atom is 0.277 e. The van der Waals surface area contributed by atoms with Crippen LogP contribution in [0, 0.1) is 13.8 Å². The third-order valence-electron chi connectivity index (χ3n) is 3.18. The second-order valence-corrected chi connectivity index (χ2v) is 7.86. The van der Waals surface area contributed by atoms with Gasteiger partial charge in [0.05, 0.1) is 15.2 Å². The number of hydrogen-bond acceptors (Lipinski definition) is 4. The Labute approximate surface area is 170 Å². The zero-order valence-corrected chi connectivity index (χ0v) is 18.2. The van der Waals surface area contributed by atoms with Crippen LogP contribution in [-0.2, 0) is 4.79 Å². The van der Waals surface area contributed by atoms with Crippen molar-refractivity contribution < 1.29 is 14.6 Å². The van der Waals surface area contributed by atoms with E-state index in [0.717, 1.165) is 20.1 Å². The van der Waals surface area contributed by atoms with Gasteiger partial charge in [0, 0.05) is 10.0 Å². The molecular weight excluding hydrogens is 520 g/mol. The minimum atomic E-state index is -0.388. The van der Waals surface area contributed by atoms with E-state index >= 15 is 0 Å². The van der Waals surface area contributed by atoms with Crippen LogP contribution < -0.4 is 10.2 Å². The average Bonchev–Trinajstić information content (AvgIpc) is 2.51. The minimum Gasteiger partial charge on any atom is -0.507 e. The Hall–Kier alpha value is -1.38. The highest BCUT2D eigenvalue weighted by atomic mass is 79.9. The Morgan fingerprint density at radius 1 is 1.16 bits per heavy atom. The van der Waals surface area contributed by atoms with Crippen molar-refractivity contribution in [2.24, 2.45) is 5.10 Å². The Morgan fingerprint density at radius 2 is 1.88 bits per heavy atom. The number of hydrogen-bond donors (Lipinski definition) is 2. The van der Waals surface area contributed by atoms with E-state index in [1.165, 1.54) is 12.3 Å². The number of amides is 1. The fourth-order valence-corrected chi connectivity index (χ4v) is 3.97. The van der Waals surface area contributed by atoms with Crippen LogP contribution in [-0.4, -0.2) is 23.8 Å². The summed E-state index contributed by atoms with van der Waals surface area (Å²) in [6.45, 7) is 3.74. The van der Waals surface area contributed by atoms with E-state index in [9.17, 15) is 9.90 Å². The van der Waals surface area contributed by atoms with E-state index < -0.39 is 0 Å². The molecule has 0 saturated heterocycles. The number of aryl methyl sites for hydroxylation is 2. The zero-order valence-electron chi connectivity index (χ0n) is 13.4. The molecule has 1 amide bonds. The van der Waals surface area contributed by atoms with Crippen molar-refractivity contribution in [1.29, 1.82) is 0 Å². The van der Waals surface area contributed by atoms with E-state index in [1.54, 1.807) is 6.07 Å². The van der Waals surface area contributed by atoms with Gasteiger partial charge in [-0.25, -0.2) is 5.43 Å². The fourth-order valence-electron chi connectivity index (χ4n) is 2.08. The molecule has 0 radical (unpaired) electrons. The smallest absolute Gasteiger partial charge is 0.277 e. The molecule has 0 unspecified atom stereocenters. The van der Waals surface area contributed by atoms with E-state index in [4.69, 9.17) is 4.74 Å². The first-order valence-electron chi connectivity index (χ1n) is 7.17. The van der Waals surface area contributed by atoms with Gasteiger partial charge >= 0.3 is 0 Å². The number of ether oxygens (including phenoxy) is 1. The number of phenolic OH excluding ortho intramolecular Hbond substituents is 1. The lowest BCUT2D eigenvalue weighted by atomic mass is 10.1. The second-order valence-electron chi connectivity index (χ2n) is 5.30. The summed E-state index contributed by atoms with van der Waals surface area (Å²) in [6.07, 6.45) is 1.43. The number of rotatable bonds is 5. The molecule has 0 saturated carbocycles. The Morgan fingerprint density at radius 3 is 2.56 bits per heavy atom. The van der Waals surface area contributed by atoms with Crippen molar-refractivity contribution in [2.45, 2.75) is 13.8 Å². The lowest BCUT2D eigenvalue weighted by Crippen LogP contribution is -2.24. The lowest BCUT2D eigenvalue weighted by Gasteiger charge is -2.11. The SMILES string of the molecule is Cc1cc(C)c(OCC(=O)NN=Cc2cc(O)c(Br)cc2Br)c(Br)c1. The third-order valence-corrected chi connectivity index (χ3v) is 5.09. The van der Waals surface area contributed by atoms with Gasteiger partial charge in [-0.15, -0.1) is 0 Å². The Balaban J connectivity index is 1.94. The maximum atomic E-state index is 11.9. The predicted octanol–water partition coefficient (Wildman–Crippen LogP) is 4.83. The molecule has 0 aliphatic rings. The molecule has 0 spiro atoms. The molecular formula is C17H15Br3N2O3. The van der Waals surface area contributed by atoms with Crippen LogP contribution in [0.25, 0.3) is 0 Å². The number of carbonyl (C=O) groups excluding carboxylic acids is 1. The number of benzene rings is 2. The van der Waals surface area contributed by atoms with Gasteiger partial charge in [-0.1, -0.05) is 22.0 Å². The van der Waals surface area contributed by atoms with Crippen molar-refractivity contribution in [1.82, 2.24) is 5.43 Å². The van der Waals surface area contributed by atoms with Crippen molar-refractivity contribution in [3.8, 4) is 11.5 Å². The van der Waals surface area contributed by atoms with Crippen LogP contribution in [0.5, 0.6) is 11.5 Å². The number of nitrogens with zero attached hydrogens (tertiary/aromatic N) is 1. The second kappa shape index (κ2) is 8.82. The molecule has 0 bridgehead atoms. The number of carbonyl (C=O) groups is 1. The largest absolute Gasteiger partial charge is 0.507 e. The van der Waals surface area contributed by atoms with Gasteiger partial charge in [0.2, 0.25) is 0 Å². The summed E-state index contributed by atoms with van der Waals surface area (Å²) in [4.78, 5) is 11.9. The van der Waals surface area contributed by atoms with Crippen LogP contribution in [0.2, 0.25) is 0 Å². The van der Waals surface area contributed by atoms with Crippen molar-refractivity contribution in [3.05, 3.63) is 54.4 Å². The van der Waals surface area contributed by atoms with Crippen molar-refractivity contribution in [3.63, 3.8) is 0 Å². The summed E-state index contributed by atoms with van der Waals surface area (Å²) in [6, 6.07) is 7.12. The molecule has 2 aromatic carbocycles. The summed E-state index contributed by atoms with van der Waals surface area (Å²) in [7, 11) is 0. The summed E-state index contributed by atoms with van der Waals surface area (Å²) >= 11 is 10.0. The van der Waals surface area contributed by atoms with Crippen LogP contribution in [0.4, 0.5) is 0 Å². The van der Waals surface area contributed by atoms with E-state index in [0.29, 0.717) is 15.8 Å². The number of aromatic hydroxyl groups is 1. The Bertz CT molecular complexity index is 815. The van der Waals surface area contributed by atoms with Crippen LogP contribution >= 0.6 is 47.8 Å². The first-order chi connectivity index (χ1) is 11.8. The molecule has 2 N–H and O–H groups in total.